The molecule has 0 aromatic heterocycles. The van der Waals surface area contributed by atoms with Gasteiger partial charge in [-0.25, -0.2) is 4.39 Å². The molecule has 0 aliphatic heterocycles. The minimum Gasteiger partial charge on any atom is -0.326 e. The Labute approximate surface area is 94.8 Å². The van der Waals surface area contributed by atoms with Gasteiger partial charge in [0.15, 0.2) is 0 Å². The van der Waals surface area contributed by atoms with Crippen molar-refractivity contribution < 1.29 is 4.39 Å². The van der Waals surface area contributed by atoms with Crippen molar-refractivity contribution in [3.8, 4) is 0 Å². The summed E-state index contributed by atoms with van der Waals surface area (Å²) in [6.45, 7) is 0.738. The van der Waals surface area contributed by atoms with Gasteiger partial charge in [0.05, 0.1) is 0 Å². The third-order valence-electron chi connectivity index (χ3n) is 2.10. The van der Waals surface area contributed by atoms with Crippen molar-refractivity contribution in [3.05, 3.63) is 34.6 Å². The Morgan fingerprint density at radius 2 is 2.13 bits per heavy atom. The van der Waals surface area contributed by atoms with Crippen molar-refractivity contribution in [3.63, 3.8) is 0 Å². The lowest BCUT2D eigenvalue weighted by atomic mass is 10.1. The van der Waals surface area contributed by atoms with E-state index in [4.69, 9.17) is 17.3 Å². The van der Waals surface area contributed by atoms with Crippen LogP contribution in [0.25, 0.3) is 0 Å². The van der Waals surface area contributed by atoms with E-state index in [0.717, 1.165) is 6.54 Å². The molecule has 0 amide bonds. The number of rotatable bonds is 4. The summed E-state index contributed by atoms with van der Waals surface area (Å²) in [5, 5.41) is 0.414. The highest BCUT2D eigenvalue weighted by Gasteiger charge is 2.09. The first-order valence-electron chi connectivity index (χ1n) is 4.83. The summed E-state index contributed by atoms with van der Waals surface area (Å²) in [5.41, 5.74) is 6.49. The Balaban J connectivity index is 2.64. The van der Waals surface area contributed by atoms with Gasteiger partial charge in [-0.1, -0.05) is 17.7 Å². The van der Waals surface area contributed by atoms with Gasteiger partial charge in [0.25, 0.3) is 0 Å². The van der Waals surface area contributed by atoms with E-state index in [9.17, 15) is 4.39 Å². The van der Waals surface area contributed by atoms with Crippen LogP contribution in [0.15, 0.2) is 18.2 Å². The summed E-state index contributed by atoms with van der Waals surface area (Å²) in [7, 11) is 3.89. The van der Waals surface area contributed by atoms with Crippen molar-refractivity contribution in [2.75, 3.05) is 20.6 Å². The summed E-state index contributed by atoms with van der Waals surface area (Å²) < 4.78 is 13.4. The Hall–Kier alpha value is -0.640. The first kappa shape index (κ1) is 12.4. The zero-order valence-electron chi connectivity index (χ0n) is 9.00. The molecule has 2 N–H and O–H groups in total. The lowest BCUT2D eigenvalue weighted by Gasteiger charge is -2.17. The zero-order chi connectivity index (χ0) is 11.4. The minimum absolute atomic E-state index is 0.0596. The molecule has 2 nitrogen and oxygen atoms in total. The fraction of sp³-hybridized carbons (Fsp3) is 0.455. The van der Waals surface area contributed by atoms with E-state index in [1.165, 1.54) is 6.07 Å². The van der Waals surface area contributed by atoms with E-state index in [-0.39, 0.29) is 11.9 Å². The van der Waals surface area contributed by atoms with Gasteiger partial charge in [-0.05, 0) is 38.2 Å². The van der Waals surface area contributed by atoms with Gasteiger partial charge in [-0.3, -0.25) is 0 Å². The number of benzene rings is 1. The standard InChI is InChI=1S/C11H16ClFN2/c1-15(2)7-10(14)5-8-3-4-9(12)6-11(8)13/h3-4,6,10H,5,7,14H2,1-2H3. The van der Waals surface area contributed by atoms with Gasteiger partial charge in [0, 0.05) is 17.6 Å². The van der Waals surface area contributed by atoms with Crippen LogP contribution in [0, 0.1) is 5.82 Å². The number of halogens is 2. The van der Waals surface area contributed by atoms with Crippen molar-refractivity contribution in [2.45, 2.75) is 12.5 Å². The summed E-state index contributed by atoms with van der Waals surface area (Å²) in [6, 6.07) is 4.63. The topological polar surface area (TPSA) is 29.3 Å². The molecular formula is C11H16ClFN2. The molecule has 0 heterocycles. The summed E-state index contributed by atoms with van der Waals surface area (Å²) in [5.74, 6) is -0.281. The Kier molecular flexibility index (Phi) is 4.51. The Bertz CT molecular complexity index is 328. The van der Waals surface area contributed by atoms with E-state index < -0.39 is 0 Å². The highest BCUT2D eigenvalue weighted by Crippen LogP contribution is 2.15. The van der Waals surface area contributed by atoms with Crippen molar-refractivity contribution in [1.82, 2.24) is 4.90 Å². The normalized spacial score (nSPS) is 13.2. The minimum atomic E-state index is -0.281. The summed E-state index contributed by atoms with van der Waals surface area (Å²) >= 11 is 5.66. The Morgan fingerprint density at radius 3 is 2.67 bits per heavy atom. The second-order valence-electron chi connectivity index (χ2n) is 3.96. The van der Waals surface area contributed by atoms with E-state index in [2.05, 4.69) is 0 Å². The van der Waals surface area contributed by atoms with E-state index in [1.54, 1.807) is 12.1 Å². The molecule has 84 valence electrons. The second-order valence-corrected chi connectivity index (χ2v) is 4.40. The highest BCUT2D eigenvalue weighted by atomic mass is 35.5. The maximum atomic E-state index is 13.4. The molecule has 0 bridgehead atoms. The predicted molar refractivity (Wildman–Crippen MR) is 61.6 cm³/mol. The molecule has 0 spiro atoms. The quantitative estimate of drug-likeness (QED) is 0.856. The van der Waals surface area contributed by atoms with Gasteiger partial charge in [-0.15, -0.1) is 0 Å². The molecule has 1 aromatic rings. The predicted octanol–water partition coefficient (Wildman–Crippen LogP) is 1.91. The fourth-order valence-corrected chi connectivity index (χ4v) is 1.66. The SMILES string of the molecule is CN(C)CC(N)Cc1ccc(Cl)cc1F. The van der Waals surface area contributed by atoms with Crippen LogP contribution in [0.5, 0.6) is 0 Å². The van der Waals surface area contributed by atoms with Crippen LogP contribution >= 0.6 is 11.6 Å². The van der Waals surface area contributed by atoms with Crippen LogP contribution in [-0.2, 0) is 6.42 Å². The third-order valence-corrected chi connectivity index (χ3v) is 2.33. The lowest BCUT2D eigenvalue weighted by molar-refractivity contribution is 0.369. The number of hydrogen-bond donors (Lipinski definition) is 1. The number of nitrogens with zero attached hydrogens (tertiary/aromatic N) is 1. The molecule has 15 heavy (non-hydrogen) atoms. The molecule has 1 unspecified atom stereocenters. The molecule has 1 aromatic carbocycles. The molecule has 0 fully saturated rings. The highest BCUT2D eigenvalue weighted by molar-refractivity contribution is 6.30. The summed E-state index contributed by atoms with van der Waals surface area (Å²) in [4.78, 5) is 1.98. The number of nitrogens with two attached hydrogens (primary N) is 1. The fourth-order valence-electron chi connectivity index (χ4n) is 1.50. The number of hydrogen-bond acceptors (Lipinski definition) is 2. The van der Waals surface area contributed by atoms with E-state index in [0.29, 0.717) is 17.0 Å². The molecule has 0 radical (unpaired) electrons. The van der Waals surface area contributed by atoms with Gasteiger partial charge in [-0.2, -0.15) is 0 Å². The van der Waals surface area contributed by atoms with Crippen LogP contribution in [0.2, 0.25) is 5.02 Å². The van der Waals surface area contributed by atoms with Gasteiger partial charge in [0.2, 0.25) is 0 Å². The van der Waals surface area contributed by atoms with Crippen LogP contribution in [0.1, 0.15) is 5.56 Å². The van der Waals surface area contributed by atoms with Gasteiger partial charge < -0.3 is 10.6 Å². The molecular weight excluding hydrogens is 215 g/mol. The third kappa shape index (κ3) is 4.16. The number of likely N-dealkylation sites (N-methyl/N-ethyl adjacent to an activating group) is 1. The van der Waals surface area contributed by atoms with Crippen molar-refractivity contribution in [2.24, 2.45) is 5.73 Å². The van der Waals surface area contributed by atoms with Crippen LogP contribution in [0.4, 0.5) is 4.39 Å². The molecule has 1 atom stereocenters. The largest absolute Gasteiger partial charge is 0.326 e. The monoisotopic (exact) mass is 230 g/mol. The molecule has 0 aliphatic carbocycles. The first-order valence-corrected chi connectivity index (χ1v) is 5.21. The molecule has 4 heteroatoms. The average Bonchev–Trinajstić information content (AvgIpc) is 2.08. The zero-order valence-corrected chi connectivity index (χ0v) is 9.76. The van der Waals surface area contributed by atoms with Crippen molar-refractivity contribution >= 4 is 11.6 Å². The Morgan fingerprint density at radius 1 is 1.47 bits per heavy atom. The smallest absolute Gasteiger partial charge is 0.127 e. The molecule has 0 saturated carbocycles. The second kappa shape index (κ2) is 5.45. The molecule has 1 rings (SSSR count). The van der Waals surface area contributed by atoms with Crippen LogP contribution in [0.3, 0.4) is 0 Å². The summed E-state index contributed by atoms with van der Waals surface area (Å²) in [6.07, 6.45) is 0.529. The van der Waals surface area contributed by atoms with Gasteiger partial charge in [0.1, 0.15) is 5.82 Å². The van der Waals surface area contributed by atoms with Crippen LogP contribution in [-0.4, -0.2) is 31.6 Å². The van der Waals surface area contributed by atoms with Crippen molar-refractivity contribution in [1.29, 1.82) is 0 Å². The maximum absolute atomic E-state index is 13.4. The van der Waals surface area contributed by atoms with Crippen LogP contribution < -0.4 is 5.73 Å². The molecule has 0 saturated heterocycles. The maximum Gasteiger partial charge on any atom is 0.127 e. The molecule has 0 aliphatic rings. The average molecular weight is 231 g/mol. The lowest BCUT2D eigenvalue weighted by Crippen LogP contribution is -2.35. The van der Waals surface area contributed by atoms with E-state index in [1.807, 2.05) is 19.0 Å². The van der Waals surface area contributed by atoms with E-state index >= 15 is 0 Å². The van der Waals surface area contributed by atoms with Gasteiger partial charge >= 0.3 is 0 Å². The first-order chi connectivity index (χ1) is 6.99.